The van der Waals surface area contributed by atoms with Gasteiger partial charge in [0.25, 0.3) is 0 Å². The third-order valence-corrected chi connectivity index (χ3v) is 6.56. The number of rotatable bonds is 4. The molecule has 1 fully saturated rings. The summed E-state index contributed by atoms with van der Waals surface area (Å²) in [6.45, 7) is 14.8. The highest BCUT2D eigenvalue weighted by molar-refractivity contribution is 5.28. The van der Waals surface area contributed by atoms with Crippen molar-refractivity contribution in [2.75, 3.05) is 0 Å². The van der Waals surface area contributed by atoms with Gasteiger partial charge in [0.15, 0.2) is 0 Å². The SMILES string of the molecule is CCC1=C(CC)C2(C)CCCC(C)(CC(C)C)C2CC1. The molecule has 0 aliphatic heterocycles. The van der Waals surface area contributed by atoms with Gasteiger partial charge >= 0.3 is 0 Å². The zero-order valence-electron chi connectivity index (χ0n) is 14.8. The summed E-state index contributed by atoms with van der Waals surface area (Å²) >= 11 is 0. The lowest BCUT2D eigenvalue weighted by Crippen LogP contribution is -2.47. The van der Waals surface area contributed by atoms with Crippen molar-refractivity contribution in [3.63, 3.8) is 0 Å². The summed E-state index contributed by atoms with van der Waals surface area (Å²) in [7, 11) is 0. The van der Waals surface area contributed by atoms with E-state index in [4.69, 9.17) is 0 Å². The van der Waals surface area contributed by atoms with Gasteiger partial charge in [0, 0.05) is 0 Å². The highest BCUT2D eigenvalue weighted by Gasteiger charge is 2.51. The third kappa shape index (κ3) is 2.60. The molecule has 2 aliphatic rings. The topological polar surface area (TPSA) is 0 Å². The molecule has 0 aromatic rings. The molecule has 0 aromatic carbocycles. The van der Waals surface area contributed by atoms with Gasteiger partial charge in [-0.3, -0.25) is 0 Å². The van der Waals surface area contributed by atoms with Gasteiger partial charge in [0.1, 0.15) is 0 Å². The van der Waals surface area contributed by atoms with Gasteiger partial charge in [-0.25, -0.2) is 0 Å². The van der Waals surface area contributed by atoms with E-state index in [0.29, 0.717) is 10.8 Å². The fourth-order valence-electron chi connectivity index (χ4n) is 6.10. The van der Waals surface area contributed by atoms with Crippen LogP contribution in [0.1, 0.15) is 92.9 Å². The Bertz CT molecular complexity index is 375. The summed E-state index contributed by atoms with van der Waals surface area (Å²) in [6, 6.07) is 0. The predicted octanol–water partition coefficient (Wildman–Crippen LogP) is 6.76. The maximum Gasteiger partial charge on any atom is -0.00803 e. The van der Waals surface area contributed by atoms with E-state index in [1.165, 1.54) is 51.4 Å². The van der Waals surface area contributed by atoms with Gasteiger partial charge in [-0.15, -0.1) is 0 Å². The largest absolute Gasteiger partial charge is 0.0707 e. The van der Waals surface area contributed by atoms with Crippen LogP contribution in [0.3, 0.4) is 0 Å². The molecule has 0 heterocycles. The fraction of sp³-hybridized carbons (Fsp3) is 0.900. The molecule has 0 heteroatoms. The van der Waals surface area contributed by atoms with E-state index in [9.17, 15) is 0 Å². The second-order valence-electron chi connectivity index (χ2n) is 8.40. The summed E-state index contributed by atoms with van der Waals surface area (Å²) in [5.74, 6) is 1.76. The monoisotopic (exact) mass is 276 g/mol. The zero-order valence-corrected chi connectivity index (χ0v) is 14.8. The predicted molar refractivity (Wildman–Crippen MR) is 89.9 cm³/mol. The Labute approximate surface area is 127 Å². The van der Waals surface area contributed by atoms with Crippen molar-refractivity contribution >= 4 is 0 Å². The molecule has 20 heavy (non-hydrogen) atoms. The van der Waals surface area contributed by atoms with Crippen LogP contribution >= 0.6 is 0 Å². The molecule has 0 bridgehead atoms. The maximum absolute atomic E-state index is 2.61. The van der Waals surface area contributed by atoms with Gasteiger partial charge in [-0.1, -0.05) is 59.1 Å². The summed E-state index contributed by atoms with van der Waals surface area (Å²) in [6.07, 6.45) is 11.2. The minimum Gasteiger partial charge on any atom is -0.0707 e. The molecule has 0 amide bonds. The lowest BCUT2D eigenvalue weighted by molar-refractivity contribution is -0.0163. The molecular weight excluding hydrogens is 240 g/mol. The molecule has 0 spiro atoms. The van der Waals surface area contributed by atoms with Crippen LogP contribution in [0.25, 0.3) is 0 Å². The van der Waals surface area contributed by atoms with E-state index < -0.39 is 0 Å². The molecule has 3 atom stereocenters. The van der Waals surface area contributed by atoms with Crippen molar-refractivity contribution in [2.24, 2.45) is 22.7 Å². The molecule has 0 saturated heterocycles. The summed E-state index contributed by atoms with van der Waals surface area (Å²) in [5, 5.41) is 0. The van der Waals surface area contributed by atoms with Crippen LogP contribution in [0.4, 0.5) is 0 Å². The quantitative estimate of drug-likeness (QED) is 0.498. The Hall–Kier alpha value is -0.260. The van der Waals surface area contributed by atoms with Crippen LogP contribution < -0.4 is 0 Å². The Kier molecular flexibility index (Phi) is 4.72. The molecule has 0 radical (unpaired) electrons. The summed E-state index contributed by atoms with van der Waals surface area (Å²) in [4.78, 5) is 0. The molecule has 0 nitrogen and oxygen atoms in total. The maximum atomic E-state index is 2.61. The molecule has 0 aromatic heterocycles. The van der Waals surface area contributed by atoms with Crippen molar-refractivity contribution < 1.29 is 0 Å². The van der Waals surface area contributed by atoms with E-state index in [2.05, 4.69) is 41.5 Å². The van der Waals surface area contributed by atoms with Crippen LogP contribution in [0, 0.1) is 22.7 Å². The van der Waals surface area contributed by atoms with Crippen molar-refractivity contribution in [1.82, 2.24) is 0 Å². The van der Waals surface area contributed by atoms with E-state index in [1.807, 2.05) is 5.57 Å². The zero-order chi connectivity index (χ0) is 15.0. The first-order chi connectivity index (χ1) is 9.37. The average molecular weight is 277 g/mol. The minimum atomic E-state index is 0.514. The number of hydrogen-bond acceptors (Lipinski definition) is 0. The Morgan fingerprint density at radius 2 is 1.80 bits per heavy atom. The van der Waals surface area contributed by atoms with Crippen LogP contribution in [0.5, 0.6) is 0 Å². The number of fused-ring (bicyclic) bond motifs is 1. The smallest absolute Gasteiger partial charge is 0.00803 e. The summed E-state index contributed by atoms with van der Waals surface area (Å²) in [5.41, 5.74) is 4.76. The Morgan fingerprint density at radius 1 is 1.10 bits per heavy atom. The van der Waals surface area contributed by atoms with Crippen molar-refractivity contribution in [2.45, 2.75) is 92.9 Å². The number of hydrogen-bond donors (Lipinski definition) is 0. The van der Waals surface area contributed by atoms with Gasteiger partial charge in [-0.2, -0.15) is 0 Å². The Balaban J connectivity index is 2.39. The van der Waals surface area contributed by atoms with Crippen LogP contribution in [-0.2, 0) is 0 Å². The molecule has 1 saturated carbocycles. The van der Waals surface area contributed by atoms with E-state index in [-0.39, 0.29) is 0 Å². The molecule has 2 rings (SSSR count). The van der Waals surface area contributed by atoms with E-state index in [0.717, 1.165) is 11.8 Å². The van der Waals surface area contributed by atoms with Gasteiger partial charge < -0.3 is 0 Å². The van der Waals surface area contributed by atoms with Crippen molar-refractivity contribution in [3.05, 3.63) is 11.1 Å². The second-order valence-corrected chi connectivity index (χ2v) is 8.40. The molecular formula is C20H36. The van der Waals surface area contributed by atoms with Gasteiger partial charge in [0.05, 0.1) is 0 Å². The lowest BCUT2D eigenvalue weighted by Gasteiger charge is -2.57. The van der Waals surface area contributed by atoms with Crippen molar-refractivity contribution in [3.8, 4) is 0 Å². The standard InChI is InChI=1S/C20H36/c1-7-16-10-11-18-19(5,14-15(3)4)12-9-13-20(18,6)17(16)8-2/h15,18H,7-14H2,1-6H3. The summed E-state index contributed by atoms with van der Waals surface area (Å²) < 4.78 is 0. The molecule has 0 N–H and O–H groups in total. The van der Waals surface area contributed by atoms with Crippen LogP contribution in [0.2, 0.25) is 0 Å². The van der Waals surface area contributed by atoms with Gasteiger partial charge in [0.2, 0.25) is 0 Å². The first-order valence-electron chi connectivity index (χ1n) is 9.08. The van der Waals surface area contributed by atoms with E-state index >= 15 is 0 Å². The highest BCUT2D eigenvalue weighted by Crippen LogP contribution is 2.62. The average Bonchev–Trinajstić information content (AvgIpc) is 2.35. The lowest BCUT2D eigenvalue weighted by atomic mass is 9.48. The molecule has 3 unspecified atom stereocenters. The first kappa shape index (κ1) is 16.1. The minimum absolute atomic E-state index is 0.514. The Morgan fingerprint density at radius 3 is 2.35 bits per heavy atom. The molecule has 2 aliphatic carbocycles. The highest BCUT2D eigenvalue weighted by atomic mass is 14.6. The van der Waals surface area contributed by atoms with E-state index in [1.54, 1.807) is 5.57 Å². The second kappa shape index (κ2) is 5.85. The van der Waals surface area contributed by atoms with Crippen LogP contribution in [0.15, 0.2) is 11.1 Å². The van der Waals surface area contributed by atoms with Crippen molar-refractivity contribution in [1.29, 1.82) is 0 Å². The number of allylic oxidation sites excluding steroid dienone is 2. The van der Waals surface area contributed by atoms with Crippen LogP contribution in [-0.4, -0.2) is 0 Å². The molecule has 116 valence electrons. The fourth-order valence-corrected chi connectivity index (χ4v) is 6.10. The third-order valence-electron chi connectivity index (χ3n) is 6.56. The normalized spacial score (nSPS) is 38.2. The van der Waals surface area contributed by atoms with Gasteiger partial charge in [-0.05, 0) is 67.6 Å². The first-order valence-corrected chi connectivity index (χ1v) is 9.08.